The molecule has 0 fully saturated rings. The van der Waals surface area contributed by atoms with Crippen LogP contribution < -0.4 is 4.74 Å². The minimum absolute atomic E-state index is 0.0792. The molecule has 1 aromatic heterocycles. The highest BCUT2D eigenvalue weighted by Crippen LogP contribution is 2.28. The molecule has 1 N–H and O–H groups in total. The number of ether oxygens (including phenoxy) is 1. The Kier molecular flexibility index (Phi) is 5.99. The van der Waals surface area contributed by atoms with E-state index in [2.05, 4.69) is 24.0 Å². The third-order valence-corrected chi connectivity index (χ3v) is 4.77. The van der Waals surface area contributed by atoms with Gasteiger partial charge in [0.15, 0.2) is 0 Å². The van der Waals surface area contributed by atoms with Gasteiger partial charge in [-0.25, -0.2) is 0 Å². The van der Waals surface area contributed by atoms with Gasteiger partial charge < -0.3 is 9.84 Å². The first-order valence-electron chi connectivity index (χ1n) is 9.09. The fourth-order valence-electron chi connectivity index (χ4n) is 2.87. The van der Waals surface area contributed by atoms with Crippen LogP contribution in [0.4, 0.5) is 0 Å². The number of aromatic nitrogens is 3. The summed E-state index contributed by atoms with van der Waals surface area (Å²) in [5.41, 5.74) is 1.90. The average Bonchev–Trinajstić information content (AvgIpc) is 3.04. The first kappa shape index (κ1) is 18.5. The molecule has 2 aromatic carbocycles. The predicted molar refractivity (Wildman–Crippen MR) is 104 cm³/mol. The van der Waals surface area contributed by atoms with Crippen molar-refractivity contribution < 1.29 is 9.84 Å². The van der Waals surface area contributed by atoms with Gasteiger partial charge in [0.25, 0.3) is 0 Å². The molecule has 3 aromatic rings. The number of unbranched alkanes of at least 4 members (excludes halogenated alkanes) is 1. The van der Waals surface area contributed by atoms with Gasteiger partial charge in [-0.1, -0.05) is 44.7 Å². The van der Waals surface area contributed by atoms with E-state index in [4.69, 9.17) is 16.3 Å². The van der Waals surface area contributed by atoms with Crippen molar-refractivity contribution in [1.82, 2.24) is 15.0 Å². The van der Waals surface area contributed by atoms with E-state index >= 15 is 0 Å². The zero-order valence-corrected chi connectivity index (χ0v) is 15.9. The molecule has 0 aliphatic carbocycles. The molecular weight excluding hydrogens is 350 g/mol. The summed E-state index contributed by atoms with van der Waals surface area (Å²) in [5, 5.41) is 19.7. The molecule has 0 radical (unpaired) electrons. The monoisotopic (exact) mass is 373 g/mol. The van der Waals surface area contributed by atoms with Crippen molar-refractivity contribution >= 4 is 22.6 Å². The minimum atomic E-state index is 0.0792. The van der Waals surface area contributed by atoms with Crippen LogP contribution in [0.15, 0.2) is 36.4 Å². The summed E-state index contributed by atoms with van der Waals surface area (Å²) >= 11 is 5.99. The fourth-order valence-corrected chi connectivity index (χ4v) is 3.04. The van der Waals surface area contributed by atoms with Gasteiger partial charge in [-0.15, -0.1) is 15.0 Å². The van der Waals surface area contributed by atoms with Gasteiger partial charge in [0.2, 0.25) is 0 Å². The number of halogens is 1. The average molecular weight is 374 g/mol. The van der Waals surface area contributed by atoms with Crippen LogP contribution in [-0.4, -0.2) is 26.7 Å². The lowest BCUT2D eigenvalue weighted by Crippen LogP contribution is -2.11. The second kappa shape index (κ2) is 8.41. The highest BCUT2D eigenvalue weighted by atomic mass is 35.5. The molecular formula is C20H24ClN3O2. The summed E-state index contributed by atoms with van der Waals surface area (Å²) in [7, 11) is 0. The Bertz CT molecular complexity index is 879. The minimum Gasteiger partial charge on any atom is -0.505 e. The Balaban J connectivity index is 1.74. The van der Waals surface area contributed by atoms with E-state index in [-0.39, 0.29) is 5.75 Å². The molecule has 0 spiro atoms. The fraction of sp³-hybridized carbons (Fsp3) is 0.400. The van der Waals surface area contributed by atoms with Crippen LogP contribution in [0.1, 0.15) is 39.5 Å². The molecule has 0 aliphatic heterocycles. The van der Waals surface area contributed by atoms with Crippen molar-refractivity contribution in [3.8, 4) is 17.2 Å². The molecule has 1 atom stereocenters. The standard InChI is InChI=1S/C20H24ClN3O2/c1-3-5-6-14(4-2)13-26-16-8-10-19(20(25)12-16)24-22-17-9-7-15(21)11-18(17)23-24/h7-12,14,25H,3-6,13H2,1-2H3. The van der Waals surface area contributed by atoms with E-state index in [1.807, 2.05) is 6.07 Å². The molecule has 0 saturated carbocycles. The smallest absolute Gasteiger partial charge is 0.146 e. The lowest BCUT2D eigenvalue weighted by Gasteiger charge is -2.16. The normalized spacial score (nSPS) is 12.4. The van der Waals surface area contributed by atoms with Gasteiger partial charge >= 0.3 is 0 Å². The van der Waals surface area contributed by atoms with Crippen LogP contribution in [0.25, 0.3) is 16.7 Å². The SMILES string of the molecule is CCCCC(CC)COc1ccc(-n2nc3ccc(Cl)cc3n2)c(O)c1. The molecule has 1 unspecified atom stereocenters. The van der Waals surface area contributed by atoms with E-state index in [0.717, 1.165) is 11.9 Å². The Hall–Kier alpha value is -2.27. The van der Waals surface area contributed by atoms with Crippen LogP contribution in [0.3, 0.4) is 0 Å². The van der Waals surface area contributed by atoms with E-state index in [9.17, 15) is 5.11 Å². The third-order valence-electron chi connectivity index (χ3n) is 4.53. The van der Waals surface area contributed by atoms with Crippen molar-refractivity contribution in [1.29, 1.82) is 0 Å². The first-order valence-corrected chi connectivity index (χ1v) is 9.47. The molecule has 26 heavy (non-hydrogen) atoms. The maximum Gasteiger partial charge on any atom is 0.146 e. The number of nitrogens with zero attached hydrogens (tertiary/aromatic N) is 3. The Morgan fingerprint density at radius 2 is 1.92 bits per heavy atom. The van der Waals surface area contributed by atoms with E-state index in [0.29, 0.717) is 34.5 Å². The molecule has 0 bridgehead atoms. The third kappa shape index (κ3) is 4.28. The van der Waals surface area contributed by atoms with Gasteiger partial charge in [0.05, 0.1) is 6.61 Å². The van der Waals surface area contributed by atoms with Crippen molar-refractivity contribution in [2.45, 2.75) is 39.5 Å². The zero-order chi connectivity index (χ0) is 18.5. The number of hydrogen-bond donors (Lipinski definition) is 1. The number of hydrogen-bond acceptors (Lipinski definition) is 4. The number of aromatic hydroxyl groups is 1. The number of benzene rings is 2. The summed E-state index contributed by atoms with van der Waals surface area (Å²) in [6.07, 6.45) is 4.68. The van der Waals surface area contributed by atoms with Crippen LogP contribution in [0, 0.1) is 5.92 Å². The zero-order valence-electron chi connectivity index (χ0n) is 15.2. The number of phenols is 1. The Morgan fingerprint density at radius 3 is 2.65 bits per heavy atom. The number of phenolic OH excluding ortho intramolecular Hbond substituents is 1. The molecule has 0 aliphatic rings. The van der Waals surface area contributed by atoms with Crippen molar-refractivity contribution in [2.75, 3.05) is 6.61 Å². The van der Waals surface area contributed by atoms with E-state index < -0.39 is 0 Å². The molecule has 5 nitrogen and oxygen atoms in total. The highest BCUT2D eigenvalue weighted by Gasteiger charge is 2.12. The summed E-state index contributed by atoms with van der Waals surface area (Å²) < 4.78 is 5.87. The topological polar surface area (TPSA) is 60.2 Å². The predicted octanol–water partition coefficient (Wildman–Crippen LogP) is 5.37. The highest BCUT2D eigenvalue weighted by molar-refractivity contribution is 6.31. The van der Waals surface area contributed by atoms with Crippen molar-refractivity contribution in [3.63, 3.8) is 0 Å². The molecule has 138 valence electrons. The first-order chi connectivity index (χ1) is 12.6. The summed E-state index contributed by atoms with van der Waals surface area (Å²) in [6.45, 7) is 5.05. The van der Waals surface area contributed by atoms with Gasteiger partial charge in [0.1, 0.15) is 28.2 Å². The molecule has 0 amide bonds. The van der Waals surface area contributed by atoms with Gasteiger partial charge in [-0.3, -0.25) is 0 Å². The van der Waals surface area contributed by atoms with Crippen LogP contribution in [0.2, 0.25) is 5.02 Å². The molecule has 3 rings (SSSR count). The van der Waals surface area contributed by atoms with Gasteiger partial charge in [0, 0.05) is 11.1 Å². The molecule has 6 heteroatoms. The van der Waals surface area contributed by atoms with Crippen LogP contribution in [-0.2, 0) is 0 Å². The number of fused-ring (bicyclic) bond motifs is 1. The number of rotatable bonds is 8. The largest absolute Gasteiger partial charge is 0.505 e. The van der Waals surface area contributed by atoms with Gasteiger partial charge in [-0.05, 0) is 42.7 Å². The molecule has 0 saturated heterocycles. The second-order valence-corrected chi connectivity index (χ2v) is 6.94. The van der Waals surface area contributed by atoms with E-state index in [1.165, 1.54) is 24.1 Å². The lowest BCUT2D eigenvalue weighted by atomic mass is 10.0. The summed E-state index contributed by atoms with van der Waals surface area (Å²) in [6, 6.07) is 10.5. The maximum absolute atomic E-state index is 10.4. The van der Waals surface area contributed by atoms with E-state index in [1.54, 1.807) is 30.3 Å². The van der Waals surface area contributed by atoms with Crippen molar-refractivity contribution in [2.24, 2.45) is 5.92 Å². The van der Waals surface area contributed by atoms with Crippen LogP contribution >= 0.6 is 11.6 Å². The van der Waals surface area contributed by atoms with Crippen molar-refractivity contribution in [3.05, 3.63) is 41.4 Å². The summed E-state index contributed by atoms with van der Waals surface area (Å²) in [5.74, 6) is 1.27. The second-order valence-electron chi connectivity index (χ2n) is 6.50. The maximum atomic E-state index is 10.4. The summed E-state index contributed by atoms with van der Waals surface area (Å²) in [4.78, 5) is 1.41. The Labute approximate surface area is 158 Å². The quantitative estimate of drug-likeness (QED) is 0.576. The van der Waals surface area contributed by atoms with Crippen LogP contribution in [0.5, 0.6) is 11.5 Å². The Morgan fingerprint density at radius 1 is 1.12 bits per heavy atom. The molecule has 1 heterocycles. The lowest BCUT2D eigenvalue weighted by molar-refractivity contribution is 0.232. The van der Waals surface area contributed by atoms with Gasteiger partial charge in [-0.2, -0.15) is 0 Å².